The second-order valence-corrected chi connectivity index (χ2v) is 1.13. The molecule has 0 aromatic heterocycles. The molecule has 2 N–H and O–H groups in total. The fourth-order valence-corrected chi connectivity index (χ4v) is 0. The second kappa shape index (κ2) is 2.15. The molecule has 30 valence electrons. The van der Waals surface area contributed by atoms with Crippen molar-refractivity contribution in [3.63, 3.8) is 0 Å². The number of hydrogen-bond donors (Lipinski definition) is 2. The number of thiol groups is 1. The van der Waals surface area contributed by atoms with Gasteiger partial charge in [0.2, 0.25) is 0 Å². The van der Waals surface area contributed by atoms with Crippen LogP contribution in [-0.4, -0.2) is 0 Å². The minimum atomic E-state index is 0.744. The van der Waals surface area contributed by atoms with E-state index in [1.165, 1.54) is 0 Å². The van der Waals surface area contributed by atoms with Gasteiger partial charge in [0.05, 0.1) is 0 Å². The minimum absolute atomic E-state index is 0.744. The number of nitrogens with two attached hydrogens (primary N) is 1. The van der Waals surface area contributed by atoms with E-state index in [0.717, 1.165) is 5.70 Å². The van der Waals surface area contributed by atoms with Crippen molar-refractivity contribution in [2.75, 3.05) is 0 Å². The van der Waals surface area contributed by atoms with Crippen molar-refractivity contribution in [1.82, 2.24) is 0 Å². The molecule has 0 saturated carbocycles. The Kier molecular flexibility index (Phi) is 2.10. The molecule has 0 aliphatic heterocycles. The van der Waals surface area contributed by atoms with Crippen LogP contribution in [0.4, 0.5) is 0 Å². The van der Waals surface area contributed by atoms with Crippen LogP contribution in [0, 0.1) is 0 Å². The van der Waals surface area contributed by atoms with Crippen LogP contribution in [0.25, 0.3) is 0 Å². The lowest BCUT2D eigenvalue weighted by molar-refractivity contribution is 1.33. The maximum absolute atomic E-state index is 5.08. The fraction of sp³-hybridized carbons (Fsp3) is 0.333. The van der Waals surface area contributed by atoms with Gasteiger partial charge in [-0.25, -0.2) is 0 Å². The standard InChI is InChI=1S/C3H7NS/c1-3(4)2-5/h2,5H,4H2,1H3/b3-2-. The van der Waals surface area contributed by atoms with Crippen molar-refractivity contribution >= 4 is 12.6 Å². The van der Waals surface area contributed by atoms with Gasteiger partial charge in [0.1, 0.15) is 0 Å². The summed E-state index contributed by atoms with van der Waals surface area (Å²) in [6.07, 6.45) is 0. The summed E-state index contributed by atoms with van der Waals surface area (Å²) in [6.45, 7) is 1.78. The summed E-state index contributed by atoms with van der Waals surface area (Å²) in [5, 5.41) is 1.56. The zero-order valence-corrected chi connectivity index (χ0v) is 4.00. The maximum Gasteiger partial charge on any atom is 0.0110 e. The molecule has 0 aromatic carbocycles. The highest BCUT2D eigenvalue weighted by Crippen LogP contribution is 1.79. The predicted molar refractivity (Wildman–Crippen MR) is 26.9 cm³/mol. The molecule has 0 aromatic rings. The highest BCUT2D eigenvalue weighted by atomic mass is 32.1. The van der Waals surface area contributed by atoms with Gasteiger partial charge in [-0.05, 0) is 12.3 Å². The molecule has 0 radical (unpaired) electrons. The van der Waals surface area contributed by atoms with Crippen LogP contribution in [0.1, 0.15) is 6.92 Å². The first-order chi connectivity index (χ1) is 2.27. The third-order valence-electron chi connectivity index (χ3n) is 0.204. The van der Waals surface area contributed by atoms with Crippen LogP contribution in [0.3, 0.4) is 0 Å². The van der Waals surface area contributed by atoms with Crippen LogP contribution in [0.15, 0.2) is 11.1 Å². The smallest absolute Gasteiger partial charge is 0.0110 e. The van der Waals surface area contributed by atoms with Gasteiger partial charge in [0.25, 0.3) is 0 Å². The summed E-state index contributed by atoms with van der Waals surface area (Å²) in [7, 11) is 0. The first-order valence-corrected chi connectivity index (χ1v) is 1.85. The van der Waals surface area contributed by atoms with E-state index in [1.807, 2.05) is 0 Å². The van der Waals surface area contributed by atoms with Crippen molar-refractivity contribution in [3.8, 4) is 0 Å². The van der Waals surface area contributed by atoms with Gasteiger partial charge in [-0.3, -0.25) is 0 Å². The number of rotatable bonds is 0. The molecular weight excluding hydrogens is 82.1 g/mol. The minimum Gasteiger partial charge on any atom is -0.402 e. The van der Waals surface area contributed by atoms with Gasteiger partial charge in [0.15, 0.2) is 0 Å². The normalized spacial score (nSPS) is 12.0. The Morgan fingerprint density at radius 2 is 2.20 bits per heavy atom. The highest BCUT2D eigenvalue weighted by molar-refractivity contribution is 7.83. The Balaban J connectivity index is 3.14. The Morgan fingerprint density at radius 1 is 2.00 bits per heavy atom. The zero-order chi connectivity index (χ0) is 4.28. The van der Waals surface area contributed by atoms with Gasteiger partial charge < -0.3 is 5.73 Å². The average Bonchev–Trinajstić information content (AvgIpc) is 1.38. The topological polar surface area (TPSA) is 26.0 Å². The molecule has 0 heterocycles. The van der Waals surface area contributed by atoms with Crippen LogP contribution in [0.2, 0.25) is 0 Å². The molecule has 0 amide bonds. The van der Waals surface area contributed by atoms with Gasteiger partial charge >= 0.3 is 0 Å². The summed E-state index contributed by atoms with van der Waals surface area (Å²) in [5.41, 5.74) is 5.82. The van der Waals surface area contributed by atoms with Crippen LogP contribution in [0.5, 0.6) is 0 Å². The van der Waals surface area contributed by atoms with Gasteiger partial charge in [-0.15, -0.1) is 12.6 Å². The van der Waals surface area contributed by atoms with Gasteiger partial charge in [0, 0.05) is 5.70 Å². The molecule has 0 spiro atoms. The van der Waals surface area contributed by atoms with E-state index in [0.29, 0.717) is 0 Å². The summed E-state index contributed by atoms with van der Waals surface area (Å²) in [4.78, 5) is 0. The Bertz CT molecular complexity index is 44.9. The lowest BCUT2D eigenvalue weighted by Crippen LogP contribution is -1.85. The predicted octanol–water partition coefficient (Wildman–Crippen LogP) is 0.736. The van der Waals surface area contributed by atoms with Gasteiger partial charge in [-0.1, -0.05) is 0 Å². The van der Waals surface area contributed by atoms with E-state index < -0.39 is 0 Å². The molecule has 0 saturated heterocycles. The van der Waals surface area contributed by atoms with Crippen LogP contribution in [-0.2, 0) is 0 Å². The monoisotopic (exact) mass is 89.0 g/mol. The fourth-order valence-electron chi connectivity index (χ4n) is 0. The van der Waals surface area contributed by atoms with Gasteiger partial charge in [-0.2, -0.15) is 0 Å². The van der Waals surface area contributed by atoms with E-state index in [4.69, 9.17) is 5.73 Å². The van der Waals surface area contributed by atoms with Crippen molar-refractivity contribution in [2.45, 2.75) is 6.92 Å². The zero-order valence-electron chi connectivity index (χ0n) is 3.10. The second-order valence-electron chi connectivity index (χ2n) is 0.873. The van der Waals surface area contributed by atoms with Crippen molar-refractivity contribution in [3.05, 3.63) is 11.1 Å². The Morgan fingerprint density at radius 3 is 2.20 bits per heavy atom. The highest BCUT2D eigenvalue weighted by Gasteiger charge is 1.60. The molecule has 1 nitrogen and oxygen atoms in total. The largest absolute Gasteiger partial charge is 0.402 e. The Hall–Kier alpha value is -0.110. The molecule has 0 rings (SSSR count). The molecule has 0 bridgehead atoms. The number of hydrogen-bond acceptors (Lipinski definition) is 2. The first-order valence-electron chi connectivity index (χ1n) is 1.34. The van der Waals surface area contributed by atoms with E-state index in [-0.39, 0.29) is 0 Å². The van der Waals surface area contributed by atoms with E-state index in [2.05, 4.69) is 12.6 Å². The molecule has 0 fully saturated rings. The lowest BCUT2D eigenvalue weighted by Gasteiger charge is -1.75. The molecular formula is C3H7NS. The van der Waals surface area contributed by atoms with Crippen molar-refractivity contribution < 1.29 is 0 Å². The lowest BCUT2D eigenvalue weighted by atomic mass is 10.6. The average molecular weight is 89.2 g/mol. The third-order valence-corrected chi connectivity index (χ3v) is 0.611. The molecule has 0 unspecified atom stereocenters. The first kappa shape index (κ1) is 4.89. The third kappa shape index (κ3) is 3.89. The van der Waals surface area contributed by atoms with E-state index in [9.17, 15) is 0 Å². The summed E-state index contributed by atoms with van der Waals surface area (Å²) in [5.74, 6) is 0. The Labute approximate surface area is 37.3 Å². The molecule has 0 atom stereocenters. The van der Waals surface area contributed by atoms with E-state index >= 15 is 0 Å². The molecule has 0 aliphatic carbocycles. The maximum atomic E-state index is 5.08. The summed E-state index contributed by atoms with van der Waals surface area (Å²) < 4.78 is 0. The van der Waals surface area contributed by atoms with Crippen molar-refractivity contribution in [2.24, 2.45) is 5.73 Å². The summed E-state index contributed by atoms with van der Waals surface area (Å²) >= 11 is 3.73. The summed E-state index contributed by atoms with van der Waals surface area (Å²) in [6, 6.07) is 0. The molecule has 2 heteroatoms. The number of allylic oxidation sites excluding steroid dienone is 1. The molecule has 5 heavy (non-hydrogen) atoms. The SMILES string of the molecule is C/C(N)=C/S. The van der Waals surface area contributed by atoms with E-state index in [1.54, 1.807) is 12.3 Å². The van der Waals surface area contributed by atoms with Crippen LogP contribution < -0.4 is 5.73 Å². The van der Waals surface area contributed by atoms with Crippen LogP contribution >= 0.6 is 12.6 Å². The van der Waals surface area contributed by atoms with Crippen molar-refractivity contribution in [1.29, 1.82) is 0 Å². The quantitative estimate of drug-likeness (QED) is 0.420. The molecule has 0 aliphatic rings.